The maximum Gasteiger partial charge on any atom is 0.0639 e. The van der Waals surface area contributed by atoms with Crippen LogP contribution in [0.5, 0.6) is 0 Å². The molecule has 2 aromatic carbocycles. The Bertz CT molecular complexity index is 920. The van der Waals surface area contributed by atoms with Crippen LogP contribution in [0.4, 0.5) is 11.4 Å². The van der Waals surface area contributed by atoms with Gasteiger partial charge in [0.2, 0.25) is 0 Å². The number of hydrogen-bond donors (Lipinski definition) is 0. The van der Waals surface area contributed by atoms with Crippen molar-refractivity contribution in [3.8, 4) is 0 Å². The van der Waals surface area contributed by atoms with Gasteiger partial charge in [0.1, 0.15) is 0 Å². The van der Waals surface area contributed by atoms with Crippen LogP contribution in [0.1, 0.15) is 140 Å². The minimum absolute atomic E-state index is 0. The van der Waals surface area contributed by atoms with Crippen molar-refractivity contribution >= 4 is 23.3 Å². The minimum atomic E-state index is 0. The summed E-state index contributed by atoms with van der Waals surface area (Å²) in [6, 6.07) is 14.1. The van der Waals surface area contributed by atoms with E-state index in [0.717, 1.165) is 49.2 Å². The molecule has 0 aromatic heterocycles. The third kappa shape index (κ3) is 15.0. The largest absolute Gasteiger partial charge is 0.255 e. The Labute approximate surface area is 251 Å². The van der Waals surface area contributed by atoms with E-state index in [-0.39, 0.29) is 16.5 Å². The van der Waals surface area contributed by atoms with Crippen molar-refractivity contribution in [2.45, 2.75) is 144 Å². The molecule has 2 rings (SSSR count). The van der Waals surface area contributed by atoms with Crippen LogP contribution in [-0.2, 0) is 42.2 Å². The van der Waals surface area contributed by atoms with Crippen molar-refractivity contribution in [1.29, 1.82) is 0 Å². The summed E-state index contributed by atoms with van der Waals surface area (Å²) in [7, 11) is 0. The number of rotatable bonds is 20. The summed E-state index contributed by atoms with van der Waals surface area (Å²) in [6.07, 6.45) is 22.8. The van der Waals surface area contributed by atoms with Crippen LogP contribution < -0.4 is 0 Å². The molecule has 0 spiro atoms. The van der Waals surface area contributed by atoms with Gasteiger partial charge in [-0.05, 0) is 104 Å². The molecule has 39 heavy (non-hydrogen) atoms. The van der Waals surface area contributed by atoms with Crippen LogP contribution in [0.25, 0.3) is 0 Å². The Kier molecular flexibility index (Phi) is 19.9. The van der Waals surface area contributed by atoms with Crippen LogP contribution in [0.2, 0.25) is 0 Å². The maximum atomic E-state index is 5.10. The first-order valence-corrected chi connectivity index (χ1v) is 16.0. The normalized spacial score (nSPS) is 11.8. The van der Waals surface area contributed by atoms with Gasteiger partial charge in [0, 0.05) is 22.7 Å². The van der Waals surface area contributed by atoms with Gasteiger partial charge in [-0.25, -0.2) is 0 Å². The van der Waals surface area contributed by atoms with Crippen LogP contribution >= 0.6 is 0 Å². The summed E-state index contributed by atoms with van der Waals surface area (Å²) >= 11 is 0. The van der Waals surface area contributed by atoms with Crippen LogP contribution in [0, 0.1) is 0 Å². The molecule has 0 aliphatic carbocycles. The molecule has 0 atom stereocenters. The second-order valence-corrected chi connectivity index (χ2v) is 11.1. The minimum Gasteiger partial charge on any atom is -0.255 e. The molecule has 220 valence electrons. The summed E-state index contributed by atoms with van der Waals surface area (Å²) in [5.41, 5.74) is 8.99. The van der Waals surface area contributed by atoms with Crippen LogP contribution in [0.15, 0.2) is 46.4 Å². The zero-order chi connectivity index (χ0) is 27.4. The first-order chi connectivity index (χ1) is 18.6. The van der Waals surface area contributed by atoms with Gasteiger partial charge < -0.3 is 0 Å². The maximum absolute atomic E-state index is 5.10. The number of aliphatic imine (C=N–C) groups is 2. The smallest absolute Gasteiger partial charge is 0.0639 e. The number of hydrogen-bond acceptors (Lipinski definition) is 2. The predicted molar refractivity (Wildman–Crippen MR) is 171 cm³/mol. The second kappa shape index (κ2) is 22.0. The first kappa shape index (κ1) is 35.3. The third-order valence-electron chi connectivity index (χ3n) is 7.35. The first-order valence-electron chi connectivity index (χ1n) is 16.0. The Balaban J connectivity index is 0.00000760. The molecule has 0 heterocycles. The molecule has 3 heteroatoms. The summed E-state index contributed by atoms with van der Waals surface area (Å²) in [4.78, 5) is 10.1. The molecule has 0 amide bonds. The van der Waals surface area contributed by atoms with Crippen molar-refractivity contribution < 1.29 is 16.5 Å². The predicted octanol–water partition coefficient (Wildman–Crippen LogP) is 11.5. The van der Waals surface area contributed by atoms with E-state index >= 15 is 0 Å². The molecular formula is C36H56N2Ni. The molecule has 0 N–H and O–H groups in total. The van der Waals surface area contributed by atoms with E-state index in [0.29, 0.717) is 0 Å². The Hall–Kier alpha value is -1.73. The van der Waals surface area contributed by atoms with E-state index < -0.39 is 0 Å². The average Bonchev–Trinajstić information content (AvgIpc) is 2.91. The van der Waals surface area contributed by atoms with Gasteiger partial charge in [0.05, 0.1) is 17.1 Å². The summed E-state index contributed by atoms with van der Waals surface area (Å²) in [5.74, 6) is 0. The number of unbranched alkanes of at least 4 members (excludes halogenated alkanes) is 8. The molecule has 0 saturated carbocycles. The fraction of sp³-hybridized carbons (Fsp3) is 0.611. The molecule has 0 unspecified atom stereocenters. The molecule has 0 bridgehead atoms. The van der Waals surface area contributed by atoms with E-state index in [1.165, 1.54) is 99.3 Å². The van der Waals surface area contributed by atoms with Gasteiger partial charge in [-0.2, -0.15) is 0 Å². The fourth-order valence-corrected chi connectivity index (χ4v) is 5.03. The van der Waals surface area contributed by atoms with E-state index in [9.17, 15) is 0 Å². The number of benzene rings is 2. The standard InChI is InChI=1S/C36H56N2.Ni/c1-6-11-15-19-30-23-31(20-16-12-7-2)26-35(25-30)37-29-34(10-5)38-36-27-32(21-17-13-8-3)24-33(28-36)22-18-14-9-4;/h23-29H,6-22H2,1-5H3;/b37-29+,38-34+;. The Morgan fingerprint density at radius 3 is 1.21 bits per heavy atom. The van der Waals surface area contributed by atoms with Crippen molar-refractivity contribution in [3.05, 3.63) is 58.7 Å². The molecular weight excluding hydrogens is 519 g/mol. The molecule has 0 radical (unpaired) electrons. The van der Waals surface area contributed by atoms with Gasteiger partial charge in [0.25, 0.3) is 0 Å². The van der Waals surface area contributed by atoms with Crippen LogP contribution in [-0.4, -0.2) is 11.9 Å². The molecule has 0 aliphatic heterocycles. The van der Waals surface area contributed by atoms with Crippen molar-refractivity contribution in [3.63, 3.8) is 0 Å². The van der Waals surface area contributed by atoms with Gasteiger partial charge >= 0.3 is 0 Å². The third-order valence-corrected chi connectivity index (χ3v) is 7.35. The monoisotopic (exact) mass is 574 g/mol. The molecule has 0 fully saturated rings. The molecule has 2 aromatic rings. The van der Waals surface area contributed by atoms with Gasteiger partial charge in [-0.1, -0.05) is 98.1 Å². The van der Waals surface area contributed by atoms with Gasteiger partial charge in [-0.15, -0.1) is 0 Å². The Morgan fingerprint density at radius 1 is 0.513 bits per heavy atom. The van der Waals surface area contributed by atoms with E-state index in [1.54, 1.807) is 0 Å². The van der Waals surface area contributed by atoms with Crippen molar-refractivity contribution in [2.24, 2.45) is 9.98 Å². The van der Waals surface area contributed by atoms with Gasteiger partial charge in [-0.3, -0.25) is 9.98 Å². The van der Waals surface area contributed by atoms with Crippen molar-refractivity contribution in [1.82, 2.24) is 0 Å². The summed E-state index contributed by atoms with van der Waals surface area (Å²) in [6.45, 7) is 11.3. The summed E-state index contributed by atoms with van der Waals surface area (Å²) in [5, 5.41) is 0. The molecule has 2 nitrogen and oxygen atoms in total. The van der Waals surface area contributed by atoms with E-state index in [2.05, 4.69) is 71.0 Å². The second-order valence-electron chi connectivity index (χ2n) is 11.1. The SMILES string of the molecule is CCCCCc1cc(CCCCC)cc(/N=C/C(CC)=N/c2cc(CCCCC)cc(CCCCC)c2)c1.[Ni]. The number of aryl methyl sites for hydroxylation is 4. The van der Waals surface area contributed by atoms with E-state index in [1.807, 2.05) is 6.21 Å². The zero-order valence-electron chi connectivity index (χ0n) is 25.8. The van der Waals surface area contributed by atoms with Gasteiger partial charge in [0.15, 0.2) is 0 Å². The average molecular weight is 576 g/mol. The quantitative estimate of drug-likeness (QED) is 0.0852. The number of nitrogens with zero attached hydrogens (tertiary/aromatic N) is 2. The fourth-order valence-electron chi connectivity index (χ4n) is 5.03. The van der Waals surface area contributed by atoms with E-state index in [4.69, 9.17) is 9.98 Å². The van der Waals surface area contributed by atoms with Crippen LogP contribution in [0.3, 0.4) is 0 Å². The summed E-state index contributed by atoms with van der Waals surface area (Å²) < 4.78 is 0. The molecule has 0 saturated heterocycles. The molecule has 0 aliphatic rings. The van der Waals surface area contributed by atoms with Crippen molar-refractivity contribution in [2.75, 3.05) is 0 Å². The Morgan fingerprint density at radius 2 is 0.872 bits per heavy atom. The topological polar surface area (TPSA) is 24.7 Å². The zero-order valence-corrected chi connectivity index (χ0v) is 26.8.